The topological polar surface area (TPSA) is 121 Å². The van der Waals surface area contributed by atoms with Gasteiger partial charge in [-0.25, -0.2) is 13.4 Å². The predicted molar refractivity (Wildman–Crippen MR) is 86.6 cm³/mol. The summed E-state index contributed by atoms with van der Waals surface area (Å²) in [5.74, 6) is -0.550. The van der Waals surface area contributed by atoms with Gasteiger partial charge < -0.3 is 10.0 Å². The number of hydroxylamine groups is 1. The third kappa shape index (κ3) is 2.79. The molecule has 2 N–H and O–H groups in total. The summed E-state index contributed by atoms with van der Waals surface area (Å²) in [7, 11) is -0.598. The lowest BCUT2D eigenvalue weighted by Crippen LogP contribution is -2.61. The van der Waals surface area contributed by atoms with Crippen LogP contribution in [0.15, 0.2) is 39.4 Å². The molecule has 9 nitrogen and oxygen atoms in total. The fraction of sp³-hybridized carbons (Fsp3) is 0.357. The Balaban J connectivity index is 2.60. The van der Waals surface area contributed by atoms with Crippen LogP contribution in [-0.4, -0.2) is 61.9 Å². The lowest BCUT2D eigenvalue weighted by atomic mass is 9.85. The van der Waals surface area contributed by atoms with Crippen LogP contribution in [0.4, 0.5) is 0 Å². The maximum atomic E-state index is 12.5. The number of sulfone groups is 1. The van der Waals surface area contributed by atoms with Gasteiger partial charge in [-0.2, -0.15) is 10.6 Å². The van der Waals surface area contributed by atoms with E-state index in [1.807, 2.05) is 5.48 Å². The highest BCUT2D eigenvalue weighted by molar-refractivity contribution is 7.90. The van der Waals surface area contributed by atoms with Crippen molar-refractivity contribution < 1.29 is 23.3 Å². The molecule has 1 aliphatic heterocycles. The van der Waals surface area contributed by atoms with Crippen molar-refractivity contribution in [3.05, 3.63) is 29.8 Å². The van der Waals surface area contributed by atoms with E-state index in [4.69, 9.17) is 4.84 Å². The van der Waals surface area contributed by atoms with Gasteiger partial charge in [0.25, 0.3) is 5.91 Å². The molecule has 0 spiro atoms. The summed E-state index contributed by atoms with van der Waals surface area (Å²) in [4.78, 5) is 17.4. The van der Waals surface area contributed by atoms with Crippen LogP contribution in [0.2, 0.25) is 0 Å². The van der Waals surface area contributed by atoms with E-state index in [1.165, 1.54) is 45.3 Å². The van der Waals surface area contributed by atoms with E-state index < -0.39 is 21.3 Å². The summed E-state index contributed by atoms with van der Waals surface area (Å²) in [6.45, 7) is 1.50. The number of hydrazone groups is 1. The summed E-state index contributed by atoms with van der Waals surface area (Å²) in [5.41, 5.74) is 1.05. The van der Waals surface area contributed by atoms with Crippen molar-refractivity contribution in [2.24, 2.45) is 10.3 Å². The normalized spacial score (nSPS) is 21.9. The second-order valence-corrected chi connectivity index (χ2v) is 7.31. The molecule has 1 aromatic carbocycles. The van der Waals surface area contributed by atoms with Crippen LogP contribution in [0.25, 0.3) is 0 Å². The number of benzene rings is 1. The number of nitrogens with zero attached hydrogens (tertiary/aromatic N) is 3. The molecule has 0 saturated heterocycles. The lowest BCUT2D eigenvalue weighted by Gasteiger charge is -2.26. The van der Waals surface area contributed by atoms with Crippen LogP contribution in [0.5, 0.6) is 0 Å². The molecule has 1 unspecified atom stereocenters. The van der Waals surface area contributed by atoms with E-state index in [2.05, 4.69) is 10.3 Å². The zero-order chi connectivity index (χ0) is 18.1. The number of oxime groups is 1. The third-order valence-electron chi connectivity index (χ3n) is 3.71. The first-order valence-corrected chi connectivity index (χ1v) is 8.75. The van der Waals surface area contributed by atoms with Gasteiger partial charge in [-0.05, 0) is 19.1 Å². The van der Waals surface area contributed by atoms with Crippen molar-refractivity contribution in [2.45, 2.75) is 17.4 Å². The van der Waals surface area contributed by atoms with Gasteiger partial charge in [0.1, 0.15) is 12.8 Å². The Morgan fingerprint density at radius 1 is 1.38 bits per heavy atom. The first-order chi connectivity index (χ1) is 11.2. The monoisotopic (exact) mass is 354 g/mol. The molecule has 2 rings (SSSR count). The minimum absolute atomic E-state index is 0.134. The van der Waals surface area contributed by atoms with Gasteiger partial charge in [0.2, 0.25) is 5.54 Å². The molecule has 0 fully saturated rings. The molecule has 0 aromatic heterocycles. The van der Waals surface area contributed by atoms with Crippen LogP contribution in [0.3, 0.4) is 0 Å². The molecule has 0 bridgehead atoms. The Morgan fingerprint density at radius 2 is 1.96 bits per heavy atom. The Bertz CT molecular complexity index is 816. The van der Waals surface area contributed by atoms with Crippen molar-refractivity contribution >= 4 is 27.2 Å². The second kappa shape index (κ2) is 6.30. The van der Waals surface area contributed by atoms with Crippen molar-refractivity contribution in [1.82, 2.24) is 10.5 Å². The first-order valence-electron chi connectivity index (χ1n) is 6.85. The summed E-state index contributed by atoms with van der Waals surface area (Å²) >= 11 is 0. The molecule has 1 aromatic rings. The zero-order valence-electron chi connectivity index (χ0n) is 13.6. The van der Waals surface area contributed by atoms with E-state index >= 15 is 0 Å². The van der Waals surface area contributed by atoms with Gasteiger partial charge >= 0.3 is 0 Å². The van der Waals surface area contributed by atoms with Crippen molar-refractivity contribution in [3.63, 3.8) is 0 Å². The largest absolute Gasteiger partial charge is 0.399 e. The zero-order valence-corrected chi connectivity index (χ0v) is 14.5. The Kier molecular flexibility index (Phi) is 4.74. The molecule has 0 aliphatic carbocycles. The van der Waals surface area contributed by atoms with Gasteiger partial charge in [-0.1, -0.05) is 17.3 Å². The Hall–Kier alpha value is -2.30. The van der Waals surface area contributed by atoms with E-state index in [-0.39, 0.29) is 16.3 Å². The van der Waals surface area contributed by atoms with E-state index in [9.17, 15) is 18.4 Å². The van der Waals surface area contributed by atoms with E-state index in [0.717, 1.165) is 11.3 Å². The number of hydrogen-bond donors (Lipinski definition) is 2. The van der Waals surface area contributed by atoms with Crippen molar-refractivity contribution in [2.75, 3.05) is 20.4 Å². The predicted octanol–water partition coefficient (Wildman–Crippen LogP) is 0.00610. The molecule has 1 heterocycles. The maximum absolute atomic E-state index is 12.5. The molecule has 1 aliphatic rings. The molecular weight excluding hydrogens is 336 g/mol. The second-order valence-electron chi connectivity index (χ2n) is 5.29. The van der Waals surface area contributed by atoms with Gasteiger partial charge in [0, 0.05) is 18.9 Å². The first kappa shape index (κ1) is 18.0. The number of amides is 1. The molecule has 24 heavy (non-hydrogen) atoms. The minimum Gasteiger partial charge on any atom is -0.399 e. The average Bonchev–Trinajstić information content (AvgIpc) is 2.79. The van der Waals surface area contributed by atoms with E-state index in [1.54, 1.807) is 0 Å². The lowest BCUT2D eigenvalue weighted by molar-refractivity contribution is -0.133. The molecule has 10 heteroatoms. The summed E-state index contributed by atoms with van der Waals surface area (Å²) < 4.78 is 23.1. The van der Waals surface area contributed by atoms with Crippen LogP contribution in [0, 0.1) is 0 Å². The fourth-order valence-electron chi connectivity index (χ4n) is 2.46. The van der Waals surface area contributed by atoms with Crippen LogP contribution in [-0.2, 0) is 19.5 Å². The van der Waals surface area contributed by atoms with Gasteiger partial charge in [0.05, 0.1) is 10.6 Å². The summed E-state index contributed by atoms with van der Waals surface area (Å²) in [6, 6.07) is 5.82. The molecule has 130 valence electrons. The molecule has 1 atom stereocenters. The van der Waals surface area contributed by atoms with Gasteiger partial charge in [-0.3, -0.25) is 4.79 Å². The van der Waals surface area contributed by atoms with Crippen molar-refractivity contribution in [1.29, 1.82) is 0 Å². The highest BCUT2D eigenvalue weighted by Crippen LogP contribution is 2.26. The number of nitrogens with one attached hydrogen (secondary N) is 1. The van der Waals surface area contributed by atoms with Crippen molar-refractivity contribution in [3.8, 4) is 0 Å². The molecular formula is C14H18N4O5S. The quantitative estimate of drug-likeness (QED) is 0.567. The molecule has 0 radical (unpaired) electrons. The summed E-state index contributed by atoms with van der Waals surface area (Å²) in [6.07, 6.45) is 1.10. The third-order valence-corrected chi connectivity index (χ3v) is 4.84. The molecule has 0 saturated carbocycles. The SMILES string of the molecule is CO/N=C(\C)C1(NO)C(=O)N(C)N=C1c1ccc(S(C)(=O)=O)cc1. The van der Waals surface area contributed by atoms with E-state index in [0.29, 0.717) is 5.56 Å². The van der Waals surface area contributed by atoms with Crippen LogP contribution < -0.4 is 5.48 Å². The van der Waals surface area contributed by atoms with Gasteiger partial charge in [-0.15, -0.1) is 0 Å². The summed E-state index contributed by atoms with van der Waals surface area (Å²) in [5, 5.41) is 18.7. The number of hydrogen-bond acceptors (Lipinski definition) is 8. The average molecular weight is 354 g/mol. The highest BCUT2D eigenvalue weighted by Gasteiger charge is 2.53. The number of rotatable bonds is 5. The smallest absolute Gasteiger partial charge is 0.277 e. The minimum atomic E-state index is -3.35. The fourth-order valence-corrected chi connectivity index (χ4v) is 3.09. The number of carbonyl (C=O) groups excluding carboxylic acids is 1. The van der Waals surface area contributed by atoms with Gasteiger partial charge in [0.15, 0.2) is 9.84 Å². The standard InChI is InChI=1S/C14H18N4O5S/c1-9(16-23-3)14(17-20)12(15-18(2)13(14)19)10-5-7-11(8-6-10)24(4,21)22/h5-8,17,20H,1-4H3/b16-9+. The maximum Gasteiger partial charge on any atom is 0.277 e. The van der Waals surface area contributed by atoms with Crippen LogP contribution >= 0.6 is 0 Å². The van der Waals surface area contributed by atoms with Crippen LogP contribution in [0.1, 0.15) is 12.5 Å². The Morgan fingerprint density at radius 3 is 2.42 bits per heavy atom. The highest BCUT2D eigenvalue weighted by atomic mass is 32.2. The number of carbonyl (C=O) groups is 1. The Labute approximate surface area is 139 Å². The number of likely N-dealkylation sites (N-methyl/N-ethyl adjacent to an activating group) is 1. The molecule has 1 amide bonds.